The average molecular weight is 373 g/mol. The molecule has 1 aromatic heterocycles. The van der Waals surface area contributed by atoms with E-state index in [1.165, 1.54) is 18.3 Å². The molecule has 0 saturated carbocycles. The smallest absolute Gasteiger partial charge is 0.339 e. The van der Waals surface area contributed by atoms with Crippen molar-refractivity contribution in [2.75, 3.05) is 0 Å². The number of Topliss-reactive ketones (excluding diaryl/α,β-unsaturated/α-hetero) is 1. The van der Waals surface area contributed by atoms with Gasteiger partial charge in [-0.2, -0.15) is 0 Å². The number of thiophene rings is 1. The van der Waals surface area contributed by atoms with Gasteiger partial charge in [0.05, 0.1) is 17.0 Å². The summed E-state index contributed by atoms with van der Waals surface area (Å²) >= 11 is 1.29. The van der Waals surface area contributed by atoms with Crippen LogP contribution in [-0.4, -0.2) is 23.8 Å². The fourth-order valence-electron chi connectivity index (χ4n) is 2.79. The molecule has 6 heteroatoms. The van der Waals surface area contributed by atoms with Crippen LogP contribution in [0.5, 0.6) is 0 Å². The molecular formula is C20H23NO4S. The van der Waals surface area contributed by atoms with Crippen LogP contribution >= 0.6 is 11.3 Å². The third kappa shape index (κ3) is 4.79. The number of hydrogen-bond donors (Lipinski definition) is 1. The molecular weight excluding hydrogens is 350 g/mol. The molecule has 0 bridgehead atoms. The third-order valence-corrected chi connectivity index (χ3v) is 5.05. The zero-order chi connectivity index (χ0) is 19.4. The highest BCUT2D eigenvalue weighted by Gasteiger charge is 2.23. The molecule has 1 N–H and O–H groups in total. The van der Waals surface area contributed by atoms with Gasteiger partial charge >= 0.3 is 5.97 Å². The molecule has 0 radical (unpaired) electrons. The van der Waals surface area contributed by atoms with Crippen molar-refractivity contribution in [2.24, 2.45) is 0 Å². The molecule has 0 aliphatic carbocycles. The van der Waals surface area contributed by atoms with Gasteiger partial charge in [0.15, 0.2) is 6.10 Å². The van der Waals surface area contributed by atoms with Gasteiger partial charge in [0.25, 0.3) is 0 Å². The summed E-state index contributed by atoms with van der Waals surface area (Å²) in [6.07, 6.45) is -0.880. The van der Waals surface area contributed by atoms with E-state index in [1.54, 1.807) is 19.1 Å². The Balaban J connectivity index is 2.07. The molecule has 0 spiro atoms. The second kappa shape index (κ2) is 8.27. The summed E-state index contributed by atoms with van der Waals surface area (Å²) in [4.78, 5) is 37.4. The first-order valence-corrected chi connectivity index (χ1v) is 9.17. The van der Waals surface area contributed by atoms with Gasteiger partial charge < -0.3 is 10.1 Å². The van der Waals surface area contributed by atoms with Crippen molar-refractivity contribution in [3.8, 4) is 0 Å². The molecule has 138 valence electrons. The van der Waals surface area contributed by atoms with Gasteiger partial charge in [-0.05, 0) is 51.0 Å². The average Bonchev–Trinajstić information content (AvgIpc) is 2.99. The number of rotatable bonds is 6. The summed E-state index contributed by atoms with van der Waals surface area (Å²) in [6, 6.07) is 7.32. The number of esters is 1. The Morgan fingerprint density at radius 1 is 1.12 bits per heavy atom. The Morgan fingerprint density at radius 2 is 1.73 bits per heavy atom. The predicted octanol–water partition coefficient (Wildman–Crippen LogP) is 3.74. The lowest BCUT2D eigenvalue weighted by Crippen LogP contribution is -2.24. The molecule has 1 atom stereocenters. The Labute approximate surface area is 157 Å². The van der Waals surface area contributed by atoms with Crippen molar-refractivity contribution in [2.45, 2.75) is 47.3 Å². The minimum Gasteiger partial charge on any atom is -0.451 e. The van der Waals surface area contributed by atoms with E-state index in [0.717, 1.165) is 21.6 Å². The molecule has 1 heterocycles. The normalized spacial score (nSPS) is 11.7. The number of ether oxygens (including phenoxy) is 1. The Kier molecular flexibility index (Phi) is 6.32. The fraction of sp³-hybridized carbons (Fsp3) is 0.350. The number of benzene rings is 1. The maximum absolute atomic E-state index is 12.5. The maximum atomic E-state index is 12.5. The lowest BCUT2D eigenvalue weighted by molar-refractivity contribution is -0.119. The number of carbonyl (C=O) groups excluding carboxylic acids is 3. The Morgan fingerprint density at radius 3 is 2.31 bits per heavy atom. The minimum atomic E-state index is -0.880. The monoisotopic (exact) mass is 373 g/mol. The second-order valence-electron chi connectivity index (χ2n) is 6.36. The van der Waals surface area contributed by atoms with Crippen molar-refractivity contribution in [1.29, 1.82) is 0 Å². The molecule has 2 rings (SSSR count). The number of carbonyl (C=O) groups is 3. The number of nitrogens with one attached hydrogen (secondary N) is 1. The van der Waals surface area contributed by atoms with Gasteiger partial charge in [-0.3, -0.25) is 9.59 Å². The van der Waals surface area contributed by atoms with Gasteiger partial charge in [-0.25, -0.2) is 4.79 Å². The minimum absolute atomic E-state index is 0.127. The SMILES string of the molecule is CC(=O)NCc1ccc(C(=O)C(C)OC(=O)c2c(C)cc(C)cc2C)s1. The van der Waals surface area contributed by atoms with Crippen LogP contribution in [0.4, 0.5) is 0 Å². The van der Waals surface area contributed by atoms with Crippen molar-refractivity contribution < 1.29 is 19.1 Å². The zero-order valence-electron chi connectivity index (χ0n) is 15.6. The summed E-state index contributed by atoms with van der Waals surface area (Å²) in [5.41, 5.74) is 3.25. The maximum Gasteiger partial charge on any atom is 0.339 e. The Hall–Kier alpha value is -2.47. The van der Waals surface area contributed by atoms with E-state index in [1.807, 2.05) is 32.9 Å². The van der Waals surface area contributed by atoms with E-state index in [2.05, 4.69) is 5.32 Å². The number of aryl methyl sites for hydroxylation is 3. The van der Waals surface area contributed by atoms with E-state index in [4.69, 9.17) is 4.74 Å². The molecule has 2 aromatic rings. The quantitative estimate of drug-likeness (QED) is 0.618. The number of hydrogen-bond acceptors (Lipinski definition) is 5. The first kappa shape index (κ1) is 19.8. The molecule has 1 amide bonds. The summed E-state index contributed by atoms with van der Waals surface area (Å²) in [5.74, 6) is -0.867. The summed E-state index contributed by atoms with van der Waals surface area (Å²) in [6.45, 7) is 9.08. The summed E-state index contributed by atoms with van der Waals surface area (Å²) in [5, 5.41) is 2.69. The summed E-state index contributed by atoms with van der Waals surface area (Å²) < 4.78 is 5.41. The van der Waals surface area contributed by atoms with Crippen molar-refractivity contribution in [3.05, 3.63) is 56.3 Å². The van der Waals surface area contributed by atoms with Gasteiger partial charge in [0.1, 0.15) is 0 Å². The highest BCUT2D eigenvalue weighted by Crippen LogP contribution is 2.21. The fourth-order valence-corrected chi connectivity index (χ4v) is 3.76. The van der Waals surface area contributed by atoms with Gasteiger partial charge in [0, 0.05) is 11.8 Å². The van der Waals surface area contributed by atoms with Crippen LogP contribution in [0.3, 0.4) is 0 Å². The van der Waals surface area contributed by atoms with Crippen LogP contribution in [0.15, 0.2) is 24.3 Å². The van der Waals surface area contributed by atoms with Crippen LogP contribution in [0, 0.1) is 20.8 Å². The lowest BCUT2D eigenvalue weighted by atomic mass is 10.00. The molecule has 0 fully saturated rings. The lowest BCUT2D eigenvalue weighted by Gasteiger charge is -2.15. The van der Waals surface area contributed by atoms with Crippen LogP contribution in [0.1, 0.15) is 55.4 Å². The molecule has 26 heavy (non-hydrogen) atoms. The van der Waals surface area contributed by atoms with Gasteiger partial charge in [-0.1, -0.05) is 17.7 Å². The van der Waals surface area contributed by atoms with E-state index in [-0.39, 0.29) is 11.7 Å². The van der Waals surface area contributed by atoms with E-state index in [9.17, 15) is 14.4 Å². The van der Waals surface area contributed by atoms with E-state index < -0.39 is 12.1 Å². The molecule has 5 nitrogen and oxygen atoms in total. The van der Waals surface area contributed by atoms with Crippen molar-refractivity contribution >= 4 is 29.0 Å². The van der Waals surface area contributed by atoms with E-state index in [0.29, 0.717) is 17.0 Å². The molecule has 0 aliphatic heterocycles. The third-order valence-electron chi connectivity index (χ3n) is 3.95. The standard InChI is InChI=1S/C20H23NO4S/c1-11-8-12(2)18(13(3)9-11)20(24)25-14(4)19(23)17-7-6-16(26-17)10-21-15(5)22/h6-9,14H,10H2,1-5H3,(H,21,22). The second-order valence-corrected chi connectivity index (χ2v) is 7.53. The number of amides is 1. The van der Waals surface area contributed by atoms with Gasteiger partial charge in [-0.15, -0.1) is 11.3 Å². The molecule has 0 aliphatic rings. The highest BCUT2D eigenvalue weighted by atomic mass is 32.1. The van der Waals surface area contributed by atoms with Crippen LogP contribution in [0.2, 0.25) is 0 Å². The first-order valence-electron chi connectivity index (χ1n) is 8.35. The van der Waals surface area contributed by atoms with E-state index >= 15 is 0 Å². The largest absolute Gasteiger partial charge is 0.451 e. The zero-order valence-corrected chi connectivity index (χ0v) is 16.5. The highest BCUT2D eigenvalue weighted by molar-refractivity contribution is 7.14. The molecule has 0 saturated heterocycles. The summed E-state index contributed by atoms with van der Waals surface area (Å²) in [7, 11) is 0. The van der Waals surface area contributed by atoms with Crippen LogP contribution < -0.4 is 5.32 Å². The topological polar surface area (TPSA) is 72.5 Å². The molecule has 1 aromatic carbocycles. The number of ketones is 1. The Bertz CT molecular complexity index is 830. The molecule has 1 unspecified atom stereocenters. The van der Waals surface area contributed by atoms with Crippen LogP contribution in [0.25, 0.3) is 0 Å². The first-order chi connectivity index (χ1) is 12.2. The van der Waals surface area contributed by atoms with Crippen molar-refractivity contribution in [1.82, 2.24) is 5.32 Å². The van der Waals surface area contributed by atoms with Crippen molar-refractivity contribution in [3.63, 3.8) is 0 Å². The van der Waals surface area contributed by atoms with Crippen LogP contribution in [-0.2, 0) is 16.1 Å². The predicted molar refractivity (Wildman–Crippen MR) is 102 cm³/mol. The van der Waals surface area contributed by atoms with Gasteiger partial charge in [0.2, 0.25) is 11.7 Å².